The first-order chi connectivity index (χ1) is 14.5. The van der Waals surface area contributed by atoms with E-state index in [0.29, 0.717) is 17.4 Å². The van der Waals surface area contributed by atoms with E-state index in [9.17, 15) is 4.79 Å². The average molecular weight is 443 g/mol. The third-order valence-electron chi connectivity index (χ3n) is 6.39. The number of ether oxygens (including phenoxy) is 1. The maximum absolute atomic E-state index is 12.5. The lowest BCUT2D eigenvalue weighted by Gasteiger charge is -2.33. The summed E-state index contributed by atoms with van der Waals surface area (Å²) in [5.41, 5.74) is 3.28. The fraction of sp³-hybridized carbons (Fsp3) is 0.500. The molecule has 1 aromatic carbocycles. The van der Waals surface area contributed by atoms with Gasteiger partial charge in [0.1, 0.15) is 5.00 Å². The van der Waals surface area contributed by atoms with Crippen LogP contribution in [0.4, 0.5) is 5.00 Å². The first-order valence-electron chi connectivity index (χ1n) is 10.9. The molecule has 0 radical (unpaired) electrons. The van der Waals surface area contributed by atoms with Crippen molar-refractivity contribution in [2.75, 3.05) is 25.5 Å². The Morgan fingerprint density at radius 1 is 1.23 bits per heavy atom. The molecular weight excluding hydrogens is 412 g/mol. The Morgan fingerprint density at radius 3 is 2.67 bits per heavy atom. The summed E-state index contributed by atoms with van der Waals surface area (Å²) in [5.74, 6) is 1.10. The molecule has 1 atom stereocenters. The van der Waals surface area contributed by atoms with Gasteiger partial charge in [-0.3, -0.25) is 0 Å². The minimum Gasteiger partial charge on any atom is -0.465 e. The van der Waals surface area contributed by atoms with Gasteiger partial charge in [0.15, 0.2) is 5.11 Å². The molecule has 4 rings (SSSR count). The summed E-state index contributed by atoms with van der Waals surface area (Å²) in [4.78, 5) is 16.1. The van der Waals surface area contributed by atoms with Crippen LogP contribution in [-0.2, 0) is 24.0 Å². The highest BCUT2D eigenvalue weighted by atomic mass is 32.1. The fourth-order valence-corrected chi connectivity index (χ4v) is 6.37. The van der Waals surface area contributed by atoms with Gasteiger partial charge in [-0.05, 0) is 73.7 Å². The molecular formula is C24H30N2O2S2. The molecule has 1 N–H and O–H groups in total. The zero-order chi connectivity index (χ0) is 21.1. The highest BCUT2D eigenvalue weighted by Crippen LogP contribution is 2.40. The zero-order valence-corrected chi connectivity index (χ0v) is 19.4. The van der Waals surface area contributed by atoms with Crippen LogP contribution in [0.2, 0.25) is 0 Å². The highest BCUT2D eigenvalue weighted by molar-refractivity contribution is 7.80. The van der Waals surface area contributed by atoms with E-state index < -0.39 is 0 Å². The Hall–Kier alpha value is -1.92. The van der Waals surface area contributed by atoms with E-state index >= 15 is 0 Å². The number of methoxy groups -OCH3 is 1. The molecule has 2 aromatic rings. The normalized spacial score (nSPS) is 19.3. The van der Waals surface area contributed by atoms with Crippen molar-refractivity contribution < 1.29 is 9.53 Å². The molecule has 2 aliphatic rings. The minimum atomic E-state index is -0.256. The number of nitrogens with one attached hydrogen (secondary N) is 1. The second-order valence-corrected chi connectivity index (χ2v) is 10.1. The molecule has 4 nitrogen and oxygen atoms in total. The first-order valence-corrected chi connectivity index (χ1v) is 12.1. The zero-order valence-electron chi connectivity index (χ0n) is 17.8. The summed E-state index contributed by atoms with van der Waals surface area (Å²) < 4.78 is 5.10. The number of piperidine rings is 1. The number of hydrogen-bond acceptors (Lipinski definition) is 4. The summed E-state index contributed by atoms with van der Waals surface area (Å²) in [6.07, 6.45) is 6.50. The molecule has 2 heterocycles. The smallest absolute Gasteiger partial charge is 0.341 e. The number of nitrogens with zero attached hydrogens (tertiary/aromatic N) is 1. The summed E-state index contributed by atoms with van der Waals surface area (Å²) >= 11 is 7.42. The molecule has 1 aliphatic heterocycles. The standard InChI is InChI=1S/C24H30N2O2S2/c1-16-8-9-19-20(14-16)30-22(21(19)23(27)28-2)25-24(29)26-12-10-18(11-13-26)15-17-6-4-3-5-7-17/h3-7,16,18H,8-15H2,1-2H3,(H,25,29). The number of fused-ring (bicyclic) bond motifs is 1. The van der Waals surface area contributed by atoms with Gasteiger partial charge < -0.3 is 15.0 Å². The Labute approximate surface area is 188 Å². The first kappa shape index (κ1) is 21.3. The van der Waals surface area contributed by atoms with Crippen molar-refractivity contribution in [3.63, 3.8) is 0 Å². The Balaban J connectivity index is 1.40. The number of likely N-dealkylation sites (tertiary alicyclic amines) is 1. The molecule has 0 spiro atoms. The van der Waals surface area contributed by atoms with Crippen LogP contribution in [0.25, 0.3) is 0 Å². The summed E-state index contributed by atoms with van der Waals surface area (Å²) in [6, 6.07) is 10.7. The molecule has 160 valence electrons. The van der Waals surface area contributed by atoms with Gasteiger partial charge in [0.2, 0.25) is 0 Å². The number of benzene rings is 1. The number of thiophene rings is 1. The predicted octanol–water partition coefficient (Wildman–Crippen LogP) is 5.31. The number of hydrogen-bond donors (Lipinski definition) is 1. The Kier molecular flexibility index (Phi) is 6.74. The van der Waals surface area contributed by atoms with E-state index in [1.165, 1.54) is 17.6 Å². The number of rotatable bonds is 4. The predicted molar refractivity (Wildman–Crippen MR) is 128 cm³/mol. The van der Waals surface area contributed by atoms with Crippen molar-refractivity contribution in [2.24, 2.45) is 11.8 Å². The monoisotopic (exact) mass is 442 g/mol. The molecule has 1 fully saturated rings. The van der Waals surface area contributed by atoms with E-state index in [-0.39, 0.29) is 5.97 Å². The number of carbonyl (C=O) groups excluding carboxylic acids is 1. The quantitative estimate of drug-likeness (QED) is 0.513. The largest absolute Gasteiger partial charge is 0.465 e. The van der Waals surface area contributed by atoms with Gasteiger partial charge in [0.05, 0.1) is 12.7 Å². The Bertz CT molecular complexity index is 901. The Morgan fingerprint density at radius 2 is 1.97 bits per heavy atom. The fourth-order valence-electron chi connectivity index (χ4n) is 4.62. The van der Waals surface area contributed by atoms with Crippen LogP contribution in [-0.4, -0.2) is 36.2 Å². The van der Waals surface area contributed by atoms with Gasteiger partial charge in [-0.15, -0.1) is 11.3 Å². The van der Waals surface area contributed by atoms with E-state index in [0.717, 1.165) is 67.3 Å². The van der Waals surface area contributed by atoms with Gasteiger partial charge in [-0.2, -0.15) is 0 Å². The van der Waals surface area contributed by atoms with E-state index in [2.05, 4.69) is 47.5 Å². The summed E-state index contributed by atoms with van der Waals surface area (Å²) in [7, 11) is 1.46. The number of thiocarbonyl (C=S) groups is 1. The molecule has 0 bridgehead atoms. The highest BCUT2D eigenvalue weighted by Gasteiger charge is 2.29. The van der Waals surface area contributed by atoms with Crippen LogP contribution in [0.15, 0.2) is 30.3 Å². The second kappa shape index (κ2) is 9.48. The molecule has 0 amide bonds. The summed E-state index contributed by atoms with van der Waals surface area (Å²) in [5, 5.41) is 4.99. The van der Waals surface area contributed by atoms with Gasteiger partial charge >= 0.3 is 5.97 Å². The lowest BCUT2D eigenvalue weighted by molar-refractivity contribution is 0.0601. The van der Waals surface area contributed by atoms with E-state index in [1.807, 2.05) is 0 Å². The van der Waals surface area contributed by atoms with Crippen molar-refractivity contribution in [3.05, 3.63) is 51.9 Å². The van der Waals surface area contributed by atoms with Crippen molar-refractivity contribution in [1.82, 2.24) is 4.90 Å². The maximum Gasteiger partial charge on any atom is 0.341 e. The topological polar surface area (TPSA) is 41.6 Å². The van der Waals surface area contributed by atoms with Crippen LogP contribution in [0, 0.1) is 11.8 Å². The van der Waals surface area contributed by atoms with Crippen molar-refractivity contribution >= 4 is 39.6 Å². The van der Waals surface area contributed by atoms with Crippen molar-refractivity contribution in [3.8, 4) is 0 Å². The van der Waals surface area contributed by atoms with Gasteiger partial charge in [0.25, 0.3) is 0 Å². The molecule has 1 saturated heterocycles. The third kappa shape index (κ3) is 4.70. The SMILES string of the molecule is COC(=O)c1c(NC(=S)N2CCC(Cc3ccccc3)CC2)sc2c1CCC(C)C2. The van der Waals surface area contributed by atoms with Crippen LogP contribution in [0.5, 0.6) is 0 Å². The van der Waals surface area contributed by atoms with Gasteiger partial charge in [-0.1, -0.05) is 37.3 Å². The van der Waals surface area contributed by atoms with Crippen LogP contribution < -0.4 is 5.32 Å². The minimum absolute atomic E-state index is 0.256. The van der Waals surface area contributed by atoms with Gasteiger partial charge in [0, 0.05) is 18.0 Å². The van der Waals surface area contributed by atoms with Gasteiger partial charge in [-0.25, -0.2) is 4.79 Å². The molecule has 30 heavy (non-hydrogen) atoms. The molecule has 1 aliphatic carbocycles. The van der Waals surface area contributed by atoms with E-state index in [4.69, 9.17) is 17.0 Å². The third-order valence-corrected chi connectivity index (χ3v) is 7.92. The maximum atomic E-state index is 12.5. The molecule has 6 heteroatoms. The lowest BCUT2D eigenvalue weighted by Crippen LogP contribution is -2.41. The molecule has 1 unspecified atom stereocenters. The molecule has 0 saturated carbocycles. The van der Waals surface area contributed by atoms with Crippen LogP contribution in [0.1, 0.15) is 52.5 Å². The summed E-state index contributed by atoms with van der Waals surface area (Å²) in [6.45, 7) is 4.19. The molecule has 1 aromatic heterocycles. The van der Waals surface area contributed by atoms with Crippen LogP contribution >= 0.6 is 23.6 Å². The van der Waals surface area contributed by atoms with Crippen LogP contribution in [0.3, 0.4) is 0 Å². The second-order valence-electron chi connectivity index (χ2n) is 8.60. The van der Waals surface area contributed by atoms with E-state index in [1.54, 1.807) is 11.3 Å². The number of esters is 1. The number of carbonyl (C=O) groups is 1. The van der Waals surface area contributed by atoms with Crippen molar-refractivity contribution in [1.29, 1.82) is 0 Å². The lowest BCUT2D eigenvalue weighted by atomic mass is 9.88. The number of anilines is 1. The van der Waals surface area contributed by atoms with Crippen molar-refractivity contribution in [2.45, 2.75) is 45.4 Å². The average Bonchev–Trinajstić information content (AvgIpc) is 3.11.